The van der Waals surface area contributed by atoms with Gasteiger partial charge in [0.25, 0.3) is 11.1 Å². The molecule has 38 heavy (non-hydrogen) atoms. The van der Waals surface area contributed by atoms with Crippen LogP contribution in [0.4, 0.5) is 10.5 Å². The maximum Gasteiger partial charge on any atom is 0.294 e. The standard InChI is InChI=1S/C31H34N2O4S/c1-3-37-26-9-6-24(31-15-20-10-21(16-31)12-22(11-20)17-31)13-23(26)14-27-29(35)33(30(36)38-27)18-28(34)32-25-7-4-19(2)5-8-25/h4-9,13-14,20-22H,3,10-12,15-18H2,1-2H3,(H,32,34)/b27-14+. The molecular formula is C31H34N2O4S. The molecule has 1 heterocycles. The number of amides is 3. The van der Waals surface area contributed by atoms with Gasteiger partial charge in [-0.3, -0.25) is 19.3 Å². The Kier molecular flexibility index (Phi) is 6.58. The van der Waals surface area contributed by atoms with Crippen molar-refractivity contribution >= 4 is 40.6 Å². The van der Waals surface area contributed by atoms with E-state index in [0.29, 0.717) is 22.9 Å². The van der Waals surface area contributed by atoms with Gasteiger partial charge in [0.05, 0.1) is 11.5 Å². The van der Waals surface area contributed by atoms with Crippen LogP contribution in [0.1, 0.15) is 62.1 Å². The van der Waals surface area contributed by atoms with Crippen LogP contribution in [0.5, 0.6) is 5.75 Å². The van der Waals surface area contributed by atoms with Gasteiger partial charge in [0.15, 0.2) is 0 Å². The summed E-state index contributed by atoms with van der Waals surface area (Å²) in [6, 6.07) is 13.8. The van der Waals surface area contributed by atoms with Crippen molar-refractivity contribution in [1.82, 2.24) is 4.90 Å². The van der Waals surface area contributed by atoms with Crippen LogP contribution >= 0.6 is 11.8 Å². The maximum absolute atomic E-state index is 13.2. The molecule has 5 fully saturated rings. The zero-order chi connectivity index (χ0) is 26.4. The van der Waals surface area contributed by atoms with Gasteiger partial charge in [0, 0.05) is 11.3 Å². The van der Waals surface area contributed by atoms with Gasteiger partial charge >= 0.3 is 0 Å². The number of nitrogens with one attached hydrogen (secondary N) is 1. The molecule has 1 N–H and O–H groups in total. The van der Waals surface area contributed by atoms with Gasteiger partial charge in [-0.05, 0) is 123 Å². The number of carbonyl (C=O) groups is 3. The fraction of sp³-hybridized carbons (Fsp3) is 0.452. The molecule has 4 saturated carbocycles. The quantitative estimate of drug-likeness (QED) is 0.412. The minimum Gasteiger partial charge on any atom is -0.493 e. The molecule has 198 valence electrons. The predicted molar refractivity (Wildman–Crippen MR) is 150 cm³/mol. The minimum absolute atomic E-state index is 0.218. The van der Waals surface area contributed by atoms with E-state index in [1.165, 1.54) is 44.1 Å². The van der Waals surface area contributed by atoms with Crippen molar-refractivity contribution in [2.75, 3.05) is 18.5 Å². The number of benzene rings is 2. The average Bonchev–Trinajstić information content (AvgIpc) is 3.13. The lowest BCUT2D eigenvalue weighted by Gasteiger charge is -2.57. The highest BCUT2D eigenvalue weighted by Crippen LogP contribution is 2.61. The summed E-state index contributed by atoms with van der Waals surface area (Å²) in [6.07, 6.45) is 9.67. The van der Waals surface area contributed by atoms with Crippen molar-refractivity contribution in [2.24, 2.45) is 17.8 Å². The van der Waals surface area contributed by atoms with E-state index in [1.54, 1.807) is 18.2 Å². The zero-order valence-electron chi connectivity index (χ0n) is 22.0. The Balaban J connectivity index is 1.23. The molecule has 0 spiro atoms. The molecule has 0 unspecified atom stereocenters. The summed E-state index contributed by atoms with van der Waals surface area (Å²) < 4.78 is 5.92. The van der Waals surface area contributed by atoms with E-state index in [9.17, 15) is 14.4 Å². The highest BCUT2D eigenvalue weighted by atomic mass is 32.2. The average molecular weight is 531 g/mol. The topological polar surface area (TPSA) is 75.7 Å². The highest BCUT2D eigenvalue weighted by molar-refractivity contribution is 8.18. The fourth-order valence-corrected chi connectivity index (χ4v) is 8.33. The first-order valence-electron chi connectivity index (χ1n) is 13.7. The van der Waals surface area contributed by atoms with E-state index in [2.05, 4.69) is 17.4 Å². The summed E-state index contributed by atoms with van der Waals surface area (Å²) in [5.74, 6) is 2.36. The second kappa shape index (κ2) is 9.92. The van der Waals surface area contributed by atoms with Crippen LogP contribution in [0.3, 0.4) is 0 Å². The lowest BCUT2D eigenvalue weighted by Crippen LogP contribution is -2.48. The Labute approximate surface area is 228 Å². The van der Waals surface area contributed by atoms with Crippen LogP contribution in [0.15, 0.2) is 47.4 Å². The number of rotatable bonds is 7. The van der Waals surface area contributed by atoms with Gasteiger partial charge in [-0.2, -0.15) is 0 Å². The molecule has 0 radical (unpaired) electrons. The van der Waals surface area contributed by atoms with E-state index < -0.39 is 17.1 Å². The molecule has 7 rings (SSSR count). The van der Waals surface area contributed by atoms with Crippen LogP contribution in [0.2, 0.25) is 0 Å². The van der Waals surface area contributed by atoms with Gasteiger partial charge in [0.2, 0.25) is 5.91 Å². The Morgan fingerprint density at radius 3 is 2.34 bits per heavy atom. The molecular weight excluding hydrogens is 496 g/mol. The van der Waals surface area contributed by atoms with Gasteiger partial charge in [0.1, 0.15) is 12.3 Å². The van der Waals surface area contributed by atoms with Gasteiger partial charge in [-0.15, -0.1) is 0 Å². The number of nitrogens with zero attached hydrogens (tertiary/aromatic N) is 1. The second-order valence-electron chi connectivity index (χ2n) is 11.6. The smallest absolute Gasteiger partial charge is 0.294 e. The van der Waals surface area contributed by atoms with Gasteiger partial charge < -0.3 is 10.1 Å². The number of ether oxygens (including phenoxy) is 1. The molecule has 4 aliphatic carbocycles. The van der Waals surface area contributed by atoms with Gasteiger partial charge in [-0.25, -0.2) is 0 Å². The third kappa shape index (κ3) is 4.77. The number of aryl methyl sites for hydroxylation is 1. The number of anilines is 1. The summed E-state index contributed by atoms with van der Waals surface area (Å²) in [5.41, 5.74) is 4.09. The molecule has 0 aromatic heterocycles. The minimum atomic E-state index is -0.443. The normalized spacial score (nSPS) is 28.8. The zero-order valence-corrected chi connectivity index (χ0v) is 22.8. The SMILES string of the molecule is CCOc1ccc(C23CC4CC(CC(C4)C2)C3)cc1/C=C1/SC(=O)N(CC(=O)Nc2ccc(C)cc2)C1=O. The molecule has 2 aromatic rings. The van der Waals surface area contributed by atoms with Crippen LogP contribution in [-0.4, -0.2) is 35.1 Å². The second-order valence-corrected chi connectivity index (χ2v) is 12.6. The van der Waals surface area contributed by atoms with E-state index in [4.69, 9.17) is 4.74 Å². The molecule has 0 atom stereocenters. The van der Waals surface area contributed by atoms with Crippen molar-refractivity contribution in [3.63, 3.8) is 0 Å². The Hall–Kier alpha value is -3.06. The summed E-state index contributed by atoms with van der Waals surface area (Å²) in [6.45, 7) is 4.10. The van der Waals surface area contributed by atoms with Crippen molar-refractivity contribution in [2.45, 2.75) is 57.8 Å². The van der Waals surface area contributed by atoms with Crippen LogP contribution < -0.4 is 10.1 Å². The number of thioether (sulfide) groups is 1. The summed E-state index contributed by atoms with van der Waals surface area (Å²) in [5, 5.41) is 2.33. The maximum atomic E-state index is 13.2. The predicted octanol–water partition coefficient (Wildman–Crippen LogP) is 6.54. The van der Waals surface area contributed by atoms with Crippen molar-refractivity contribution < 1.29 is 19.1 Å². The number of imide groups is 1. The molecule has 1 aliphatic heterocycles. The van der Waals surface area contributed by atoms with E-state index in [1.807, 2.05) is 32.0 Å². The molecule has 2 aromatic carbocycles. The molecule has 1 saturated heterocycles. The lowest BCUT2D eigenvalue weighted by molar-refractivity contribution is -0.127. The molecule has 4 bridgehead atoms. The molecule has 5 aliphatic rings. The van der Waals surface area contributed by atoms with Crippen LogP contribution in [-0.2, 0) is 15.0 Å². The lowest BCUT2D eigenvalue weighted by atomic mass is 9.48. The van der Waals surface area contributed by atoms with Crippen LogP contribution in [0, 0.1) is 24.7 Å². The first kappa shape index (κ1) is 25.2. The Bertz CT molecular complexity index is 1280. The largest absolute Gasteiger partial charge is 0.493 e. The summed E-state index contributed by atoms with van der Waals surface area (Å²) in [7, 11) is 0. The van der Waals surface area contributed by atoms with E-state index in [0.717, 1.165) is 45.5 Å². The number of hydrogen-bond acceptors (Lipinski definition) is 5. The Morgan fingerprint density at radius 1 is 1.05 bits per heavy atom. The third-order valence-corrected chi connectivity index (χ3v) is 9.66. The molecule has 6 nitrogen and oxygen atoms in total. The summed E-state index contributed by atoms with van der Waals surface area (Å²) >= 11 is 0.882. The first-order chi connectivity index (χ1) is 18.3. The third-order valence-electron chi connectivity index (χ3n) is 8.76. The highest BCUT2D eigenvalue weighted by Gasteiger charge is 2.51. The van der Waals surface area contributed by atoms with Crippen LogP contribution in [0.25, 0.3) is 6.08 Å². The number of carbonyl (C=O) groups excluding carboxylic acids is 3. The Morgan fingerprint density at radius 2 is 1.71 bits per heavy atom. The fourth-order valence-electron chi connectivity index (χ4n) is 7.50. The first-order valence-corrected chi connectivity index (χ1v) is 14.5. The monoisotopic (exact) mass is 530 g/mol. The number of hydrogen-bond donors (Lipinski definition) is 1. The van der Waals surface area contributed by atoms with Crippen molar-refractivity contribution in [1.29, 1.82) is 0 Å². The van der Waals surface area contributed by atoms with E-state index >= 15 is 0 Å². The van der Waals surface area contributed by atoms with Crippen molar-refractivity contribution in [3.05, 3.63) is 64.1 Å². The van der Waals surface area contributed by atoms with Crippen molar-refractivity contribution in [3.8, 4) is 5.75 Å². The van der Waals surface area contributed by atoms with Gasteiger partial charge in [-0.1, -0.05) is 23.8 Å². The van der Waals surface area contributed by atoms with E-state index in [-0.39, 0.29) is 12.0 Å². The summed E-state index contributed by atoms with van der Waals surface area (Å²) in [4.78, 5) is 39.9. The molecule has 7 heteroatoms. The molecule has 3 amide bonds.